The number of tetrazole rings is 1. The molecular weight excluding hydrogens is 416 g/mol. The van der Waals surface area contributed by atoms with Crippen molar-refractivity contribution in [2.24, 2.45) is 0 Å². The molecule has 4 aromatic rings. The molecule has 2 heterocycles. The lowest BCUT2D eigenvalue weighted by Gasteiger charge is -2.26. The summed E-state index contributed by atoms with van der Waals surface area (Å²) in [7, 11) is 0. The minimum absolute atomic E-state index is 0.0985. The molecule has 0 saturated heterocycles. The predicted octanol–water partition coefficient (Wildman–Crippen LogP) is 3.13. The van der Waals surface area contributed by atoms with Crippen molar-refractivity contribution in [3.05, 3.63) is 83.9 Å². The van der Waals surface area contributed by atoms with Crippen molar-refractivity contribution in [2.75, 3.05) is 4.90 Å². The van der Waals surface area contributed by atoms with Crippen molar-refractivity contribution in [1.29, 1.82) is 0 Å². The Bertz CT molecular complexity index is 1270. The lowest BCUT2D eigenvalue weighted by molar-refractivity contribution is -0.123. The molecule has 0 fully saturated rings. The first kappa shape index (κ1) is 20.6. The van der Waals surface area contributed by atoms with Crippen molar-refractivity contribution in [2.45, 2.75) is 25.4 Å². The summed E-state index contributed by atoms with van der Waals surface area (Å²) >= 11 is 0. The summed E-state index contributed by atoms with van der Waals surface area (Å²) in [5.41, 5.74) is 5.89. The van der Waals surface area contributed by atoms with Crippen LogP contribution < -0.4 is 10.2 Å². The Morgan fingerprint density at radius 2 is 1.76 bits per heavy atom. The number of hydrogen-bond donors (Lipinski definition) is 2. The zero-order valence-electron chi connectivity index (χ0n) is 17.8. The lowest BCUT2D eigenvalue weighted by Crippen LogP contribution is -2.45. The summed E-state index contributed by atoms with van der Waals surface area (Å²) in [5.74, 6) is 0.439. The predicted molar refractivity (Wildman–Crippen MR) is 124 cm³/mol. The number of fused-ring (bicyclic) bond motifs is 1. The number of carbonyl (C=O) groups excluding carboxylic acids is 2. The quantitative estimate of drug-likeness (QED) is 0.450. The minimum atomic E-state index is -0.531. The number of H-pyrrole nitrogens is 1. The highest BCUT2D eigenvalue weighted by atomic mass is 16.2. The van der Waals surface area contributed by atoms with Gasteiger partial charge >= 0.3 is 0 Å². The minimum Gasteiger partial charge on any atom is -0.347 e. The number of rotatable bonds is 6. The molecule has 33 heavy (non-hydrogen) atoms. The largest absolute Gasteiger partial charge is 0.347 e. The van der Waals surface area contributed by atoms with Crippen LogP contribution in [0.1, 0.15) is 17.5 Å². The summed E-state index contributed by atoms with van der Waals surface area (Å²) in [6, 6.07) is 23.4. The van der Waals surface area contributed by atoms with Crippen LogP contribution in [0.15, 0.2) is 72.8 Å². The van der Waals surface area contributed by atoms with Gasteiger partial charge in [-0.1, -0.05) is 66.7 Å². The summed E-state index contributed by atoms with van der Waals surface area (Å²) in [4.78, 5) is 26.1. The molecule has 0 bridgehead atoms. The van der Waals surface area contributed by atoms with Crippen molar-refractivity contribution in [3.8, 4) is 22.5 Å². The summed E-state index contributed by atoms with van der Waals surface area (Å²) in [6.45, 7) is 0.416. The number of benzene rings is 3. The van der Waals surface area contributed by atoms with Gasteiger partial charge in [0.05, 0.1) is 6.54 Å². The summed E-state index contributed by atoms with van der Waals surface area (Å²) in [6.07, 6.45) is 1.92. The Balaban J connectivity index is 1.45. The van der Waals surface area contributed by atoms with E-state index in [0.717, 1.165) is 39.9 Å². The van der Waals surface area contributed by atoms with Crippen molar-refractivity contribution in [3.63, 3.8) is 0 Å². The van der Waals surface area contributed by atoms with E-state index in [9.17, 15) is 9.59 Å². The molecule has 0 spiro atoms. The molecule has 5 rings (SSSR count). The van der Waals surface area contributed by atoms with Crippen LogP contribution in [0.2, 0.25) is 0 Å². The van der Waals surface area contributed by atoms with Crippen LogP contribution in [0, 0.1) is 0 Å². The second kappa shape index (κ2) is 9.04. The Hall–Kier alpha value is -4.33. The molecule has 164 valence electrons. The van der Waals surface area contributed by atoms with Crippen LogP contribution in [-0.4, -0.2) is 39.0 Å². The molecule has 1 aliphatic heterocycles. The van der Waals surface area contributed by atoms with Gasteiger partial charge in [0.25, 0.3) is 0 Å². The number of anilines is 1. The number of hydrogen-bond acceptors (Lipinski definition) is 5. The Labute approximate surface area is 190 Å². The van der Waals surface area contributed by atoms with Gasteiger partial charge in [-0.05, 0) is 46.4 Å². The fourth-order valence-electron chi connectivity index (χ4n) is 4.29. The number of aromatic amines is 1. The first-order valence-corrected chi connectivity index (χ1v) is 10.8. The Kier molecular flexibility index (Phi) is 5.63. The van der Waals surface area contributed by atoms with E-state index in [4.69, 9.17) is 0 Å². The van der Waals surface area contributed by atoms with Crippen LogP contribution >= 0.6 is 0 Å². The molecule has 8 heteroatoms. The number of nitrogens with one attached hydrogen (secondary N) is 2. The van der Waals surface area contributed by atoms with Gasteiger partial charge in [0.2, 0.25) is 18.1 Å². The van der Waals surface area contributed by atoms with Crippen molar-refractivity contribution in [1.82, 2.24) is 25.9 Å². The van der Waals surface area contributed by atoms with Crippen LogP contribution in [0.4, 0.5) is 5.69 Å². The van der Waals surface area contributed by atoms with Gasteiger partial charge in [0.15, 0.2) is 0 Å². The highest BCUT2D eigenvalue weighted by Gasteiger charge is 2.30. The molecule has 8 nitrogen and oxygen atoms in total. The molecule has 0 radical (unpaired) electrons. The van der Waals surface area contributed by atoms with Gasteiger partial charge in [-0.25, -0.2) is 0 Å². The molecule has 0 unspecified atom stereocenters. The van der Waals surface area contributed by atoms with E-state index in [-0.39, 0.29) is 5.91 Å². The highest BCUT2D eigenvalue weighted by Crippen LogP contribution is 2.31. The molecule has 1 atom stereocenters. The maximum Gasteiger partial charge on any atom is 0.249 e. The maximum absolute atomic E-state index is 13.2. The molecule has 1 aromatic heterocycles. The van der Waals surface area contributed by atoms with Crippen molar-refractivity contribution < 1.29 is 9.59 Å². The summed E-state index contributed by atoms with van der Waals surface area (Å²) < 4.78 is 0. The van der Waals surface area contributed by atoms with Crippen LogP contribution in [0.5, 0.6) is 0 Å². The lowest BCUT2D eigenvalue weighted by atomic mass is 9.98. The summed E-state index contributed by atoms with van der Waals surface area (Å²) in [5, 5.41) is 17.1. The number of aromatic nitrogens is 4. The molecule has 0 saturated carbocycles. The normalized spacial score (nSPS) is 15.6. The maximum atomic E-state index is 13.2. The zero-order valence-corrected chi connectivity index (χ0v) is 17.8. The van der Waals surface area contributed by atoms with E-state index in [2.05, 4.69) is 25.9 Å². The van der Waals surface area contributed by atoms with E-state index >= 15 is 0 Å². The van der Waals surface area contributed by atoms with Crippen LogP contribution in [0.25, 0.3) is 22.5 Å². The highest BCUT2D eigenvalue weighted by molar-refractivity contribution is 5.99. The van der Waals surface area contributed by atoms with Gasteiger partial charge < -0.3 is 10.2 Å². The molecule has 1 aliphatic rings. The van der Waals surface area contributed by atoms with Crippen LogP contribution in [-0.2, 0) is 22.6 Å². The van der Waals surface area contributed by atoms with Gasteiger partial charge in [0.1, 0.15) is 6.04 Å². The molecule has 0 aliphatic carbocycles. The third kappa shape index (κ3) is 4.10. The monoisotopic (exact) mass is 438 g/mol. The topological polar surface area (TPSA) is 104 Å². The third-order valence-corrected chi connectivity index (χ3v) is 5.94. The second-order valence-corrected chi connectivity index (χ2v) is 7.91. The van der Waals surface area contributed by atoms with E-state index in [1.165, 1.54) is 0 Å². The Morgan fingerprint density at radius 3 is 2.52 bits per heavy atom. The SMILES string of the molecule is O=CN[C@@H]1CCc2ccccc2N(Cc2ccc(-c3ccccc3-c3nn[nH]n3)cc2)C1=O. The van der Waals surface area contributed by atoms with Gasteiger partial charge in [-0.15, -0.1) is 10.2 Å². The second-order valence-electron chi connectivity index (χ2n) is 7.91. The van der Waals surface area contributed by atoms with E-state index in [1.54, 1.807) is 4.90 Å². The molecule has 3 aromatic carbocycles. The first-order chi connectivity index (χ1) is 16.2. The Morgan fingerprint density at radius 1 is 1.00 bits per heavy atom. The van der Waals surface area contributed by atoms with Crippen LogP contribution in [0.3, 0.4) is 0 Å². The van der Waals surface area contributed by atoms with E-state index < -0.39 is 6.04 Å². The fourth-order valence-corrected chi connectivity index (χ4v) is 4.29. The first-order valence-electron chi connectivity index (χ1n) is 10.8. The van der Waals surface area contributed by atoms with Gasteiger partial charge in [-0.2, -0.15) is 5.21 Å². The van der Waals surface area contributed by atoms with Gasteiger partial charge in [-0.3, -0.25) is 9.59 Å². The zero-order chi connectivity index (χ0) is 22.6. The van der Waals surface area contributed by atoms with Gasteiger partial charge in [0, 0.05) is 11.3 Å². The average molecular weight is 438 g/mol. The number of para-hydroxylation sites is 1. The van der Waals surface area contributed by atoms with Crippen molar-refractivity contribution >= 4 is 18.0 Å². The number of carbonyl (C=O) groups is 2. The molecule has 2 N–H and O–H groups in total. The average Bonchev–Trinajstić information content (AvgIpc) is 3.36. The smallest absolute Gasteiger partial charge is 0.249 e. The number of nitrogens with zero attached hydrogens (tertiary/aromatic N) is 4. The number of aryl methyl sites for hydroxylation is 1. The molecule has 2 amide bonds. The number of amides is 2. The van der Waals surface area contributed by atoms with E-state index in [1.807, 2.05) is 72.8 Å². The fraction of sp³-hybridized carbons (Fsp3) is 0.160. The third-order valence-electron chi connectivity index (χ3n) is 5.94. The standard InChI is InChI=1S/C25H22N6O2/c32-16-26-22-14-13-19-5-1-4-8-23(19)31(25(22)33)15-17-9-11-18(12-10-17)20-6-2-3-7-21(20)24-27-29-30-28-24/h1-12,16,22H,13-15H2,(H,26,32)(H,27,28,29,30)/t22-/m1/s1. The van der Waals surface area contributed by atoms with E-state index in [0.29, 0.717) is 25.2 Å². The molecular formula is C25H22N6O2.